The minimum atomic E-state index is 0.271. The first-order valence-electron chi connectivity index (χ1n) is 4.25. The van der Waals surface area contributed by atoms with Crippen LogP contribution in [-0.2, 0) is 0 Å². The fourth-order valence-electron chi connectivity index (χ4n) is 1.03. The smallest absolute Gasteiger partial charge is 0.222 e. The van der Waals surface area contributed by atoms with E-state index >= 15 is 0 Å². The molecule has 1 aromatic heterocycles. The zero-order valence-electron chi connectivity index (χ0n) is 8.14. The molecule has 0 amide bonds. The Morgan fingerprint density at radius 1 is 1.57 bits per heavy atom. The van der Waals surface area contributed by atoms with Crippen molar-refractivity contribution >= 4 is 29.3 Å². The van der Waals surface area contributed by atoms with Crippen molar-refractivity contribution in [3.63, 3.8) is 0 Å². The predicted octanol–water partition coefficient (Wildman–Crippen LogP) is 2.29. The molecular formula is C8H13ClN4S. The van der Waals surface area contributed by atoms with E-state index in [0.717, 1.165) is 10.9 Å². The number of hydrogen-bond donors (Lipinski definition) is 1. The summed E-state index contributed by atoms with van der Waals surface area (Å²) in [5.41, 5.74) is 7.17. The lowest BCUT2D eigenvalue weighted by Crippen LogP contribution is -2.06. The summed E-state index contributed by atoms with van der Waals surface area (Å²) in [4.78, 5) is 0. The monoisotopic (exact) mass is 232 g/mol. The van der Waals surface area contributed by atoms with E-state index in [1.165, 1.54) is 5.54 Å². The fraction of sp³-hybridized carbons (Fsp3) is 0.500. The molecule has 0 aliphatic rings. The minimum Gasteiger partial charge on any atom is -0.368 e. The van der Waals surface area contributed by atoms with Gasteiger partial charge in [0, 0.05) is 17.3 Å². The molecule has 0 fully saturated rings. The number of hydrogen-bond acceptors (Lipinski definition) is 4. The van der Waals surface area contributed by atoms with Crippen LogP contribution in [0.3, 0.4) is 0 Å². The molecule has 6 heteroatoms. The summed E-state index contributed by atoms with van der Waals surface area (Å²) in [6.07, 6.45) is 1.85. The van der Waals surface area contributed by atoms with Crippen LogP contribution in [0.4, 0.5) is 5.95 Å². The highest BCUT2D eigenvalue weighted by atomic mass is 35.5. The normalized spacial score (nSPS) is 11.7. The van der Waals surface area contributed by atoms with Gasteiger partial charge in [-0.2, -0.15) is 0 Å². The number of halogens is 1. The molecule has 78 valence electrons. The molecule has 0 atom stereocenters. The van der Waals surface area contributed by atoms with E-state index < -0.39 is 0 Å². The number of nitrogens with zero attached hydrogens (tertiary/aromatic N) is 3. The Morgan fingerprint density at radius 2 is 2.29 bits per heavy atom. The molecule has 2 N–H and O–H groups in total. The Bertz CT molecular complexity index is 321. The van der Waals surface area contributed by atoms with Crippen LogP contribution in [0.5, 0.6) is 0 Å². The number of aromatic nitrogens is 3. The van der Waals surface area contributed by atoms with Crippen molar-refractivity contribution in [2.75, 3.05) is 11.5 Å². The van der Waals surface area contributed by atoms with Crippen LogP contribution in [0.2, 0.25) is 0 Å². The Kier molecular flexibility index (Phi) is 4.28. The molecule has 4 nitrogen and oxygen atoms in total. The van der Waals surface area contributed by atoms with Gasteiger partial charge in [-0.3, -0.25) is 4.57 Å². The molecule has 0 aromatic carbocycles. The van der Waals surface area contributed by atoms with Crippen LogP contribution in [0, 0.1) is 0 Å². The molecule has 1 rings (SSSR count). The second-order valence-electron chi connectivity index (χ2n) is 2.98. The fourth-order valence-corrected chi connectivity index (χ4v) is 2.11. The molecule has 0 unspecified atom stereocenters. The van der Waals surface area contributed by atoms with Gasteiger partial charge in [-0.25, -0.2) is 0 Å². The van der Waals surface area contributed by atoms with Crippen molar-refractivity contribution in [1.82, 2.24) is 14.8 Å². The molecule has 0 saturated carbocycles. The van der Waals surface area contributed by atoms with Gasteiger partial charge in [0.2, 0.25) is 5.95 Å². The molecule has 0 radical (unpaired) electrons. The van der Waals surface area contributed by atoms with Crippen molar-refractivity contribution in [1.29, 1.82) is 0 Å². The van der Waals surface area contributed by atoms with Gasteiger partial charge in [0.05, 0.1) is 0 Å². The first-order valence-corrected chi connectivity index (χ1v) is 5.67. The first kappa shape index (κ1) is 11.4. The van der Waals surface area contributed by atoms with E-state index in [1.54, 1.807) is 11.8 Å². The van der Waals surface area contributed by atoms with Crippen molar-refractivity contribution < 1.29 is 0 Å². The number of nitrogen functional groups attached to an aromatic ring is 1. The van der Waals surface area contributed by atoms with E-state index in [9.17, 15) is 0 Å². The van der Waals surface area contributed by atoms with Crippen LogP contribution in [-0.4, -0.2) is 20.5 Å². The molecule has 0 saturated heterocycles. The molecular weight excluding hydrogens is 220 g/mol. The van der Waals surface area contributed by atoms with Crippen LogP contribution in [0.25, 0.3) is 0 Å². The summed E-state index contributed by atoms with van der Waals surface area (Å²) < 4.78 is 1.90. The van der Waals surface area contributed by atoms with Gasteiger partial charge < -0.3 is 5.73 Å². The van der Waals surface area contributed by atoms with Crippen molar-refractivity contribution in [3.05, 3.63) is 11.6 Å². The molecule has 1 aromatic rings. The number of thioether (sulfide) groups is 1. The maximum Gasteiger partial charge on any atom is 0.222 e. The quantitative estimate of drug-likeness (QED) is 0.810. The summed E-state index contributed by atoms with van der Waals surface area (Å²) in [6.45, 7) is 4.09. The van der Waals surface area contributed by atoms with Crippen LogP contribution < -0.4 is 5.73 Å². The summed E-state index contributed by atoms with van der Waals surface area (Å²) in [5, 5.41) is 8.64. The summed E-state index contributed by atoms with van der Waals surface area (Å²) in [7, 11) is 0. The third-order valence-corrected chi connectivity index (χ3v) is 2.68. The molecule has 0 spiro atoms. The topological polar surface area (TPSA) is 56.7 Å². The number of rotatable bonds is 4. The largest absolute Gasteiger partial charge is 0.368 e. The van der Waals surface area contributed by atoms with Gasteiger partial charge in [0.25, 0.3) is 0 Å². The standard InChI is InChI=1S/C8H13ClN4S/c1-6(2)13-7(10)11-12-8(13)14-5-3-4-9/h3-4,6H,5H2,1-2H3,(H2,10,11). The van der Waals surface area contributed by atoms with Crippen molar-refractivity contribution in [3.8, 4) is 0 Å². The van der Waals surface area contributed by atoms with E-state index in [1.807, 2.05) is 24.5 Å². The molecule has 0 aliphatic carbocycles. The zero-order chi connectivity index (χ0) is 10.6. The Labute approximate surface area is 92.5 Å². The first-order chi connectivity index (χ1) is 6.66. The summed E-state index contributed by atoms with van der Waals surface area (Å²) >= 11 is 6.97. The maximum absolute atomic E-state index is 5.68. The van der Waals surface area contributed by atoms with Crippen LogP contribution in [0.1, 0.15) is 19.9 Å². The molecule has 14 heavy (non-hydrogen) atoms. The lowest BCUT2D eigenvalue weighted by molar-refractivity contribution is 0.557. The van der Waals surface area contributed by atoms with E-state index in [2.05, 4.69) is 10.2 Å². The lowest BCUT2D eigenvalue weighted by Gasteiger charge is -2.10. The Hall–Kier alpha value is -0.680. The third-order valence-electron chi connectivity index (χ3n) is 1.61. The van der Waals surface area contributed by atoms with E-state index in [-0.39, 0.29) is 6.04 Å². The van der Waals surface area contributed by atoms with Gasteiger partial charge in [0.1, 0.15) is 0 Å². The highest BCUT2D eigenvalue weighted by Gasteiger charge is 2.11. The maximum atomic E-state index is 5.68. The van der Waals surface area contributed by atoms with Crippen molar-refractivity contribution in [2.45, 2.75) is 25.0 Å². The molecule has 0 bridgehead atoms. The SMILES string of the molecule is CC(C)n1c(N)nnc1SCC=CCl. The Balaban J connectivity index is 2.76. The van der Waals surface area contributed by atoms with E-state index in [4.69, 9.17) is 17.3 Å². The van der Waals surface area contributed by atoms with Gasteiger partial charge in [-0.05, 0) is 13.8 Å². The number of anilines is 1. The van der Waals surface area contributed by atoms with E-state index in [0.29, 0.717) is 5.95 Å². The highest BCUT2D eigenvalue weighted by Crippen LogP contribution is 2.22. The van der Waals surface area contributed by atoms with Gasteiger partial charge in [-0.1, -0.05) is 29.4 Å². The van der Waals surface area contributed by atoms with Crippen LogP contribution in [0.15, 0.2) is 16.8 Å². The highest BCUT2D eigenvalue weighted by molar-refractivity contribution is 7.99. The predicted molar refractivity (Wildman–Crippen MR) is 60.5 cm³/mol. The third kappa shape index (κ3) is 2.65. The van der Waals surface area contributed by atoms with Gasteiger partial charge in [-0.15, -0.1) is 10.2 Å². The summed E-state index contributed by atoms with van der Waals surface area (Å²) in [6, 6.07) is 0.271. The lowest BCUT2D eigenvalue weighted by atomic mass is 10.4. The minimum absolute atomic E-state index is 0.271. The molecule has 1 heterocycles. The Morgan fingerprint density at radius 3 is 2.86 bits per heavy atom. The average Bonchev–Trinajstić information content (AvgIpc) is 2.47. The summed E-state index contributed by atoms with van der Waals surface area (Å²) in [5.74, 6) is 1.23. The second-order valence-corrected chi connectivity index (χ2v) is 4.22. The molecule has 0 aliphatic heterocycles. The second kappa shape index (κ2) is 5.26. The van der Waals surface area contributed by atoms with Gasteiger partial charge >= 0.3 is 0 Å². The van der Waals surface area contributed by atoms with Crippen molar-refractivity contribution in [2.24, 2.45) is 0 Å². The number of nitrogens with two attached hydrogens (primary N) is 1. The zero-order valence-corrected chi connectivity index (χ0v) is 9.72. The van der Waals surface area contributed by atoms with Gasteiger partial charge in [0.15, 0.2) is 5.16 Å². The van der Waals surface area contributed by atoms with Crippen LogP contribution >= 0.6 is 23.4 Å². The average molecular weight is 233 g/mol.